The summed E-state index contributed by atoms with van der Waals surface area (Å²) < 4.78 is 0. The molecule has 0 aliphatic rings. The van der Waals surface area contributed by atoms with Crippen LogP contribution in [-0.4, -0.2) is 38.8 Å². The zero-order valence-electron chi connectivity index (χ0n) is 9.52. The third kappa shape index (κ3) is 4.41. The van der Waals surface area contributed by atoms with Gasteiger partial charge in [0.1, 0.15) is 0 Å². The van der Waals surface area contributed by atoms with Crippen molar-refractivity contribution in [2.24, 2.45) is 0 Å². The first-order chi connectivity index (χ1) is 7.99. The summed E-state index contributed by atoms with van der Waals surface area (Å²) in [5, 5.41) is 20.6. The fraction of sp³-hybridized carbons (Fsp3) is 0.444. The van der Waals surface area contributed by atoms with Crippen LogP contribution in [0, 0.1) is 13.8 Å². The van der Waals surface area contributed by atoms with Crippen molar-refractivity contribution in [2.45, 2.75) is 20.3 Å². The Morgan fingerprint density at radius 3 is 2.53 bits per heavy atom. The van der Waals surface area contributed by atoms with E-state index in [0.717, 1.165) is 0 Å². The van der Waals surface area contributed by atoms with Gasteiger partial charge in [-0.05, 0) is 13.8 Å². The molecule has 8 nitrogen and oxygen atoms in total. The van der Waals surface area contributed by atoms with Gasteiger partial charge in [-0.3, -0.25) is 10.1 Å². The van der Waals surface area contributed by atoms with E-state index in [1.807, 2.05) is 0 Å². The van der Waals surface area contributed by atoms with Crippen LogP contribution in [0.2, 0.25) is 0 Å². The minimum atomic E-state index is -0.977. The minimum absolute atomic E-state index is 0.0411. The predicted octanol–water partition coefficient (Wildman–Crippen LogP) is 0.0846. The number of nitrogens with one attached hydrogen (secondary N) is 2. The Bertz CT molecular complexity index is 435. The molecule has 0 atom stereocenters. The van der Waals surface area contributed by atoms with Gasteiger partial charge in [0.05, 0.1) is 17.8 Å². The number of hydrogen-bond donors (Lipinski definition) is 3. The van der Waals surface area contributed by atoms with Crippen LogP contribution in [0.3, 0.4) is 0 Å². The number of urea groups is 1. The molecule has 1 heterocycles. The first-order valence-electron chi connectivity index (χ1n) is 4.93. The number of carboxylic acid groups (broad SMARTS) is 1. The van der Waals surface area contributed by atoms with Gasteiger partial charge in [0.15, 0.2) is 0 Å². The maximum absolute atomic E-state index is 11.3. The largest absolute Gasteiger partial charge is 0.481 e. The number of carboxylic acids is 1. The average Bonchev–Trinajstić information content (AvgIpc) is 2.23. The lowest BCUT2D eigenvalue weighted by atomic mass is 10.4. The molecular formula is C9H13N5O3. The summed E-state index contributed by atoms with van der Waals surface area (Å²) in [7, 11) is 0. The quantitative estimate of drug-likeness (QED) is 0.685. The second-order valence-corrected chi connectivity index (χ2v) is 3.33. The van der Waals surface area contributed by atoms with Gasteiger partial charge in [-0.15, -0.1) is 5.10 Å². The smallest absolute Gasteiger partial charge is 0.321 e. The SMILES string of the molecule is Cc1nnc(NC(=O)NCCC(=O)O)nc1C. The first kappa shape index (κ1) is 12.8. The first-order valence-corrected chi connectivity index (χ1v) is 4.93. The van der Waals surface area contributed by atoms with Crippen molar-refractivity contribution in [2.75, 3.05) is 11.9 Å². The minimum Gasteiger partial charge on any atom is -0.481 e. The zero-order valence-corrected chi connectivity index (χ0v) is 9.52. The van der Waals surface area contributed by atoms with Gasteiger partial charge in [-0.1, -0.05) is 0 Å². The maximum atomic E-state index is 11.3. The van der Waals surface area contributed by atoms with Crippen molar-refractivity contribution in [3.8, 4) is 0 Å². The van der Waals surface area contributed by atoms with Crippen LogP contribution in [0.1, 0.15) is 17.8 Å². The van der Waals surface area contributed by atoms with Crippen LogP contribution in [0.5, 0.6) is 0 Å². The van der Waals surface area contributed by atoms with E-state index < -0.39 is 12.0 Å². The molecule has 0 aromatic carbocycles. The molecule has 0 aliphatic carbocycles. The lowest BCUT2D eigenvalue weighted by Gasteiger charge is -2.05. The molecular weight excluding hydrogens is 226 g/mol. The monoisotopic (exact) mass is 239 g/mol. The third-order valence-electron chi connectivity index (χ3n) is 1.94. The molecule has 1 aromatic heterocycles. The lowest BCUT2D eigenvalue weighted by molar-refractivity contribution is -0.136. The Hall–Kier alpha value is -2.25. The standard InChI is InChI=1S/C9H13N5O3/c1-5-6(2)13-14-8(11-5)12-9(17)10-4-3-7(15)16/h3-4H2,1-2H3,(H,15,16)(H2,10,11,12,14,17). The molecule has 0 saturated carbocycles. The highest BCUT2D eigenvalue weighted by molar-refractivity contribution is 5.87. The molecule has 1 aromatic rings. The highest BCUT2D eigenvalue weighted by Crippen LogP contribution is 2.01. The third-order valence-corrected chi connectivity index (χ3v) is 1.94. The van der Waals surface area contributed by atoms with Crippen LogP contribution in [0.4, 0.5) is 10.7 Å². The second kappa shape index (κ2) is 5.73. The maximum Gasteiger partial charge on any atom is 0.321 e. The molecule has 0 bridgehead atoms. The number of hydrogen-bond acceptors (Lipinski definition) is 5. The average molecular weight is 239 g/mol. The van der Waals surface area contributed by atoms with Gasteiger partial charge in [-0.2, -0.15) is 5.10 Å². The molecule has 0 saturated heterocycles. The molecule has 2 amide bonds. The Labute approximate surface area is 97.5 Å². The van der Waals surface area contributed by atoms with Crippen molar-refractivity contribution in [3.05, 3.63) is 11.4 Å². The lowest BCUT2D eigenvalue weighted by Crippen LogP contribution is -2.31. The van der Waals surface area contributed by atoms with Crippen LogP contribution >= 0.6 is 0 Å². The number of rotatable bonds is 4. The Morgan fingerprint density at radius 1 is 1.24 bits per heavy atom. The molecule has 1 rings (SSSR count). The normalized spacial score (nSPS) is 9.76. The van der Waals surface area contributed by atoms with Gasteiger partial charge >= 0.3 is 12.0 Å². The predicted molar refractivity (Wildman–Crippen MR) is 58.6 cm³/mol. The Morgan fingerprint density at radius 2 is 1.94 bits per heavy atom. The Balaban J connectivity index is 2.45. The van der Waals surface area contributed by atoms with E-state index >= 15 is 0 Å². The van der Waals surface area contributed by atoms with Gasteiger partial charge < -0.3 is 10.4 Å². The fourth-order valence-corrected chi connectivity index (χ4v) is 0.938. The summed E-state index contributed by atoms with van der Waals surface area (Å²) in [5.74, 6) is -0.893. The van der Waals surface area contributed by atoms with Gasteiger partial charge in [0, 0.05) is 6.54 Å². The van der Waals surface area contributed by atoms with Crippen LogP contribution in [-0.2, 0) is 4.79 Å². The zero-order chi connectivity index (χ0) is 12.8. The molecule has 0 radical (unpaired) electrons. The summed E-state index contributed by atoms with van der Waals surface area (Å²) in [6, 6.07) is -0.559. The van der Waals surface area contributed by atoms with Crippen LogP contribution in [0.15, 0.2) is 0 Å². The van der Waals surface area contributed by atoms with Gasteiger partial charge in [0.2, 0.25) is 0 Å². The van der Waals surface area contributed by atoms with Crippen molar-refractivity contribution in [1.82, 2.24) is 20.5 Å². The summed E-state index contributed by atoms with van der Waals surface area (Å²) in [5.41, 5.74) is 1.35. The summed E-state index contributed by atoms with van der Waals surface area (Å²) in [4.78, 5) is 25.5. The van der Waals surface area contributed by atoms with Gasteiger partial charge in [-0.25, -0.2) is 9.78 Å². The van der Waals surface area contributed by atoms with Crippen LogP contribution < -0.4 is 10.6 Å². The molecule has 0 spiro atoms. The summed E-state index contributed by atoms with van der Waals surface area (Å²) in [6.45, 7) is 3.54. The number of carbonyl (C=O) groups is 2. The molecule has 92 valence electrons. The molecule has 0 unspecified atom stereocenters. The highest BCUT2D eigenvalue weighted by Gasteiger charge is 2.06. The molecule has 0 aliphatic heterocycles. The van der Waals surface area contributed by atoms with E-state index in [1.165, 1.54) is 0 Å². The number of carbonyl (C=O) groups excluding carboxylic acids is 1. The fourth-order valence-electron chi connectivity index (χ4n) is 0.938. The van der Waals surface area contributed by atoms with Crippen molar-refractivity contribution < 1.29 is 14.7 Å². The topological polar surface area (TPSA) is 117 Å². The van der Waals surface area contributed by atoms with E-state index in [9.17, 15) is 9.59 Å². The molecule has 17 heavy (non-hydrogen) atoms. The number of aryl methyl sites for hydroxylation is 2. The van der Waals surface area contributed by atoms with E-state index in [1.54, 1.807) is 13.8 Å². The Kier molecular flexibility index (Phi) is 4.32. The second-order valence-electron chi connectivity index (χ2n) is 3.33. The van der Waals surface area contributed by atoms with E-state index in [-0.39, 0.29) is 18.9 Å². The number of aromatic nitrogens is 3. The molecule has 8 heteroatoms. The van der Waals surface area contributed by atoms with Crippen molar-refractivity contribution in [1.29, 1.82) is 0 Å². The molecule has 3 N–H and O–H groups in total. The number of nitrogens with zero attached hydrogens (tertiary/aromatic N) is 3. The van der Waals surface area contributed by atoms with E-state index in [2.05, 4.69) is 25.8 Å². The molecule has 0 fully saturated rings. The van der Waals surface area contributed by atoms with Crippen molar-refractivity contribution in [3.63, 3.8) is 0 Å². The van der Waals surface area contributed by atoms with Crippen LogP contribution in [0.25, 0.3) is 0 Å². The number of amides is 2. The summed E-state index contributed by atoms with van der Waals surface area (Å²) >= 11 is 0. The van der Waals surface area contributed by atoms with E-state index in [0.29, 0.717) is 11.4 Å². The number of anilines is 1. The van der Waals surface area contributed by atoms with Gasteiger partial charge in [0.25, 0.3) is 5.95 Å². The highest BCUT2D eigenvalue weighted by atomic mass is 16.4. The van der Waals surface area contributed by atoms with E-state index in [4.69, 9.17) is 5.11 Å². The summed E-state index contributed by atoms with van der Waals surface area (Å²) in [6.07, 6.45) is -0.139. The number of aliphatic carboxylic acids is 1. The van der Waals surface area contributed by atoms with Crippen molar-refractivity contribution >= 4 is 17.9 Å².